The van der Waals surface area contributed by atoms with E-state index in [1.165, 1.54) is 0 Å². The minimum atomic E-state index is -0.430. The van der Waals surface area contributed by atoms with Crippen molar-refractivity contribution in [1.82, 2.24) is 10.2 Å². The first-order valence-electron chi connectivity index (χ1n) is 6.77. The third kappa shape index (κ3) is 3.98. The number of carbonyl (C=O) groups excluding carboxylic acids is 2. The van der Waals surface area contributed by atoms with E-state index in [4.69, 9.17) is 5.73 Å². The van der Waals surface area contributed by atoms with Crippen LogP contribution in [-0.4, -0.2) is 41.9 Å². The number of nitrogens with zero attached hydrogens (tertiary/aromatic N) is 1. The molecule has 0 unspecified atom stereocenters. The fraction of sp³-hybridized carbons (Fsp3) is 0.846. The number of hydrogen-bond donors (Lipinski definition) is 2. The molecule has 1 aliphatic heterocycles. The molecule has 0 spiro atoms. The van der Waals surface area contributed by atoms with Crippen LogP contribution in [0.5, 0.6) is 0 Å². The number of piperidine rings is 1. The summed E-state index contributed by atoms with van der Waals surface area (Å²) in [5.41, 5.74) is 5.89. The molecule has 0 aromatic heterocycles. The maximum atomic E-state index is 11.9. The molecule has 0 aliphatic carbocycles. The van der Waals surface area contributed by atoms with Gasteiger partial charge in [0.15, 0.2) is 0 Å². The molecule has 1 heterocycles. The highest BCUT2D eigenvalue weighted by Crippen LogP contribution is 2.12. The second-order valence-electron chi connectivity index (χ2n) is 5.20. The van der Waals surface area contributed by atoms with Crippen LogP contribution in [0, 0.1) is 5.92 Å². The molecular weight excluding hydrogens is 230 g/mol. The van der Waals surface area contributed by atoms with Crippen LogP contribution in [-0.2, 0) is 9.59 Å². The quantitative estimate of drug-likeness (QED) is 0.767. The Kier molecular flexibility index (Phi) is 5.59. The third-order valence-electron chi connectivity index (χ3n) is 3.85. The zero-order chi connectivity index (χ0) is 13.7. The van der Waals surface area contributed by atoms with Crippen molar-refractivity contribution in [2.24, 2.45) is 11.7 Å². The Hall–Kier alpha value is -1.10. The van der Waals surface area contributed by atoms with Crippen LogP contribution in [0.1, 0.15) is 40.0 Å². The van der Waals surface area contributed by atoms with Gasteiger partial charge in [-0.05, 0) is 18.8 Å². The Bertz CT molecular complexity index is 299. The van der Waals surface area contributed by atoms with E-state index >= 15 is 0 Å². The van der Waals surface area contributed by atoms with Crippen LogP contribution in [0.15, 0.2) is 0 Å². The molecule has 5 heteroatoms. The first-order valence-corrected chi connectivity index (χ1v) is 6.77. The first-order chi connectivity index (χ1) is 8.45. The number of nitrogens with one attached hydrogen (secondary N) is 1. The molecule has 0 aromatic carbocycles. The molecule has 1 aliphatic rings. The molecule has 1 fully saturated rings. The molecule has 3 N–H and O–H groups in total. The summed E-state index contributed by atoms with van der Waals surface area (Å²) in [7, 11) is 0. The van der Waals surface area contributed by atoms with Gasteiger partial charge < -0.3 is 16.0 Å². The van der Waals surface area contributed by atoms with E-state index in [0.717, 1.165) is 32.4 Å². The zero-order valence-electron chi connectivity index (χ0n) is 11.6. The first kappa shape index (κ1) is 15.0. The highest BCUT2D eigenvalue weighted by molar-refractivity contribution is 5.82. The maximum Gasteiger partial charge on any atom is 0.237 e. The standard InChI is InChI=1S/C13H25N3O2/c1-4-9(2)12(14)13(18)15-11-5-7-16(8-6-11)10(3)17/h9,11-12H,4-8,14H2,1-3H3,(H,15,18)/t9-,12-/m0/s1. The third-order valence-corrected chi connectivity index (χ3v) is 3.85. The van der Waals surface area contributed by atoms with E-state index < -0.39 is 6.04 Å². The van der Waals surface area contributed by atoms with E-state index in [0.29, 0.717) is 0 Å². The summed E-state index contributed by atoms with van der Waals surface area (Å²) >= 11 is 0. The lowest BCUT2D eigenvalue weighted by Gasteiger charge is -2.32. The molecule has 18 heavy (non-hydrogen) atoms. The Morgan fingerprint density at radius 2 is 1.94 bits per heavy atom. The minimum absolute atomic E-state index is 0.0642. The fourth-order valence-corrected chi connectivity index (χ4v) is 2.15. The number of amides is 2. The van der Waals surface area contributed by atoms with Crippen molar-refractivity contribution < 1.29 is 9.59 Å². The SMILES string of the molecule is CC[C@H](C)[C@H](N)C(=O)NC1CCN(C(C)=O)CC1. The van der Waals surface area contributed by atoms with Gasteiger partial charge in [-0.15, -0.1) is 0 Å². The lowest BCUT2D eigenvalue weighted by molar-refractivity contribution is -0.130. The molecule has 2 amide bonds. The molecule has 1 saturated heterocycles. The highest BCUT2D eigenvalue weighted by atomic mass is 16.2. The zero-order valence-corrected chi connectivity index (χ0v) is 11.6. The molecular formula is C13H25N3O2. The molecule has 1 rings (SSSR count). The second kappa shape index (κ2) is 6.73. The predicted octanol–water partition coefficient (Wildman–Crippen LogP) is 0.487. The maximum absolute atomic E-state index is 11.9. The molecule has 5 nitrogen and oxygen atoms in total. The minimum Gasteiger partial charge on any atom is -0.352 e. The summed E-state index contributed by atoms with van der Waals surface area (Å²) in [5, 5.41) is 2.99. The van der Waals surface area contributed by atoms with Gasteiger partial charge in [0.05, 0.1) is 6.04 Å². The van der Waals surface area contributed by atoms with Crippen molar-refractivity contribution in [1.29, 1.82) is 0 Å². The topological polar surface area (TPSA) is 75.4 Å². The summed E-state index contributed by atoms with van der Waals surface area (Å²) < 4.78 is 0. The van der Waals surface area contributed by atoms with Crippen LogP contribution >= 0.6 is 0 Å². The number of rotatable bonds is 4. The Balaban J connectivity index is 2.36. The summed E-state index contributed by atoms with van der Waals surface area (Å²) in [5.74, 6) is 0.240. The van der Waals surface area contributed by atoms with Gasteiger partial charge in [0.25, 0.3) is 0 Å². The summed E-state index contributed by atoms with van der Waals surface area (Å²) in [6.45, 7) is 7.04. The molecule has 0 saturated carbocycles. The summed E-state index contributed by atoms with van der Waals surface area (Å²) in [6.07, 6.45) is 2.54. The van der Waals surface area contributed by atoms with Crippen LogP contribution in [0.25, 0.3) is 0 Å². The molecule has 104 valence electrons. The van der Waals surface area contributed by atoms with E-state index in [1.54, 1.807) is 6.92 Å². The number of nitrogens with two attached hydrogens (primary N) is 1. The van der Waals surface area contributed by atoms with Gasteiger partial charge in [-0.3, -0.25) is 9.59 Å². The lowest BCUT2D eigenvalue weighted by atomic mass is 9.98. The van der Waals surface area contributed by atoms with Gasteiger partial charge in [0.1, 0.15) is 0 Å². The van der Waals surface area contributed by atoms with E-state index in [-0.39, 0.29) is 23.8 Å². The van der Waals surface area contributed by atoms with Crippen molar-refractivity contribution in [2.75, 3.05) is 13.1 Å². The molecule has 0 bridgehead atoms. The Labute approximate surface area is 109 Å². The Morgan fingerprint density at radius 1 is 1.39 bits per heavy atom. The lowest BCUT2D eigenvalue weighted by Crippen LogP contribution is -2.51. The van der Waals surface area contributed by atoms with Crippen LogP contribution in [0.2, 0.25) is 0 Å². The Morgan fingerprint density at radius 3 is 2.39 bits per heavy atom. The van der Waals surface area contributed by atoms with E-state index in [9.17, 15) is 9.59 Å². The fourth-order valence-electron chi connectivity index (χ4n) is 2.15. The van der Waals surface area contributed by atoms with Crippen molar-refractivity contribution in [3.05, 3.63) is 0 Å². The van der Waals surface area contributed by atoms with E-state index in [2.05, 4.69) is 5.32 Å². The molecule has 0 radical (unpaired) electrons. The normalized spacial score (nSPS) is 20.3. The second-order valence-corrected chi connectivity index (χ2v) is 5.20. The largest absolute Gasteiger partial charge is 0.352 e. The van der Waals surface area contributed by atoms with Gasteiger partial charge in [0, 0.05) is 26.1 Å². The van der Waals surface area contributed by atoms with Gasteiger partial charge in [-0.2, -0.15) is 0 Å². The smallest absolute Gasteiger partial charge is 0.237 e. The number of hydrogen-bond acceptors (Lipinski definition) is 3. The van der Waals surface area contributed by atoms with Crippen molar-refractivity contribution in [3.8, 4) is 0 Å². The summed E-state index contributed by atoms with van der Waals surface area (Å²) in [4.78, 5) is 24.9. The average molecular weight is 255 g/mol. The molecule has 0 aromatic rings. The monoisotopic (exact) mass is 255 g/mol. The summed E-state index contributed by atoms with van der Waals surface area (Å²) in [6, 6.07) is -0.274. The van der Waals surface area contributed by atoms with Crippen LogP contribution in [0.4, 0.5) is 0 Å². The number of likely N-dealkylation sites (tertiary alicyclic amines) is 1. The van der Waals surface area contributed by atoms with Crippen molar-refractivity contribution in [2.45, 2.75) is 52.1 Å². The average Bonchev–Trinajstić information content (AvgIpc) is 2.37. The van der Waals surface area contributed by atoms with Gasteiger partial charge in [-0.25, -0.2) is 0 Å². The predicted molar refractivity (Wildman–Crippen MR) is 70.8 cm³/mol. The van der Waals surface area contributed by atoms with E-state index in [1.807, 2.05) is 18.7 Å². The van der Waals surface area contributed by atoms with Gasteiger partial charge in [0.2, 0.25) is 11.8 Å². The van der Waals surface area contributed by atoms with Gasteiger partial charge in [-0.1, -0.05) is 20.3 Å². The number of carbonyl (C=O) groups is 2. The van der Waals surface area contributed by atoms with Crippen LogP contribution < -0.4 is 11.1 Å². The highest BCUT2D eigenvalue weighted by Gasteiger charge is 2.25. The molecule has 2 atom stereocenters. The van der Waals surface area contributed by atoms with Crippen molar-refractivity contribution >= 4 is 11.8 Å². The van der Waals surface area contributed by atoms with Crippen LogP contribution in [0.3, 0.4) is 0 Å². The van der Waals surface area contributed by atoms with Gasteiger partial charge >= 0.3 is 0 Å². The van der Waals surface area contributed by atoms with Crippen molar-refractivity contribution in [3.63, 3.8) is 0 Å².